The average Bonchev–Trinajstić information content (AvgIpc) is 2.65. The van der Waals surface area contributed by atoms with E-state index in [1.54, 1.807) is 0 Å². The minimum atomic E-state index is 1.03. The van der Waals surface area contributed by atoms with Gasteiger partial charge in [-0.25, -0.2) is 4.68 Å². The molecule has 0 amide bonds. The van der Waals surface area contributed by atoms with Crippen molar-refractivity contribution < 1.29 is 0 Å². The molecular weight excluding hydrogens is 184 g/mol. The molecule has 0 fully saturated rings. The number of nitrogens with zero attached hydrogens (tertiary/aromatic N) is 2. The molecule has 0 N–H and O–H groups in total. The van der Waals surface area contributed by atoms with Crippen LogP contribution in [0.3, 0.4) is 0 Å². The van der Waals surface area contributed by atoms with E-state index in [-0.39, 0.29) is 0 Å². The summed E-state index contributed by atoms with van der Waals surface area (Å²) in [4.78, 5) is 0. The molecule has 2 nitrogen and oxygen atoms in total. The van der Waals surface area contributed by atoms with Crippen LogP contribution in [0.5, 0.6) is 0 Å². The molecule has 15 heavy (non-hydrogen) atoms. The summed E-state index contributed by atoms with van der Waals surface area (Å²) < 4.78 is 1.88. The van der Waals surface area contributed by atoms with Gasteiger partial charge in [-0.1, -0.05) is 31.2 Å². The van der Waals surface area contributed by atoms with Crippen LogP contribution in [-0.2, 0) is 0 Å². The minimum Gasteiger partial charge on any atom is -0.241 e. The molecule has 80 valence electrons. The van der Waals surface area contributed by atoms with E-state index in [2.05, 4.69) is 30.3 Å². The predicted octanol–water partition coefficient (Wildman–Crippen LogP) is 3.57. The van der Waals surface area contributed by atoms with E-state index in [1.807, 2.05) is 42.9 Å². The van der Waals surface area contributed by atoms with Crippen molar-refractivity contribution in [2.24, 2.45) is 0 Å². The highest BCUT2D eigenvalue weighted by Crippen LogP contribution is 2.06. The van der Waals surface area contributed by atoms with E-state index < -0.39 is 0 Å². The van der Waals surface area contributed by atoms with Crippen LogP contribution in [0.1, 0.15) is 26.0 Å². The van der Waals surface area contributed by atoms with Crippen molar-refractivity contribution in [2.75, 3.05) is 0 Å². The molecule has 0 aliphatic carbocycles. The quantitative estimate of drug-likeness (QED) is 0.682. The van der Waals surface area contributed by atoms with E-state index in [0.717, 1.165) is 17.8 Å². The number of allylic oxidation sites excluding steroid dienone is 6. The third-order valence-corrected chi connectivity index (χ3v) is 2.03. The molecular formula is C13H18N2. The summed E-state index contributed by atoms with van der Waals surface area (Å²) in [5.74, 6) is 0. The summed E-state index contributed by atoms with van der Waals surface area (Å²) in [6, 6.07) is 2.00. The largest absolute Gasteiger partial charge is 0.241 e. The van der Waals surface area contributed by atoms with Gasteiger partial charge >= 0.3 is 0 Å². The summed E-state index contributed by atoms with van der Waals surface area (Å²) in [5.41, 5.74) is 2.12. The summed E-state index contributed by atoms with van der Waals surface area (Å²) in [6.45, 7) is 6.13. The number of aromatic nitrogens is 2. The van der Waals surface area contributed by atoms with Gasteiger partial charge in [-0.05, 0) is 32.4 Å². The highest BCUT2D eigenvalue weighted by Gasteiger charge is 1.95. The van der Waals surface area contributed by atoms with Gasteiger partial charge < -0.3 is 0 Å². The lowest BCUT2D eigenvalue weighted by Gasteiger charge is -1.99. The van der Waals surface area contributed by atoms with Gasteiger partial charge in [0, 0.05) is 6.20 Å². The van der Waals surface area contributed by atoms with Gasteiger partial charge in [0.15, 0.2) is 0 Å². The molecule has 0 unspecified atom stereocenters. The van der Waals surface area contributed by atoms with Crippen molar-refractivity contribution in [1.82, 2.24) is 9.78 Å². The van der Waals surface area contributed by atoms with Crippen molar-refractivity contribution >= 4 is 5.70 Å². The SMILES string of the molecule is C\C=C(/C=C\C=C/CC)n1ccc(C)n1. The van der Waals surface area contributed by atoms with Gasteiger partial charge in [0.1, 0.15) is 0 Å². The first-order valence-electron chi connectivity index (χ1n) is 5.30. The summed E-state index contributed by atoms with van der Waals surface area (Å²) in [5, 5.41) is 4.35. The van der Waals surface area contributed by atoms with Crippen molar-refractivity contribution in [3.63, 3.8) is 0 Å². The van der Waals surface area contributed by atoms with E-state index >= 15 is 0 Å². The van der Waals surface area contributed by atoms with E-state index in [0.29, 0.717) is 0 Å². The molecule has 1 heterocycles. The monoisotopic (exact) mass is 202 g/mol. The van der Waals surface area contributed by atoms with Crippen LogP contribution >= 0.6 is 0 Å². The molecule has 0 aliphatic heterocycles. The standard InChI is InChI=1S/C13H18N2/c1-4-6-7-8-9-13(5-2)15-11-10-12(3)14-15/h5-11H,4H2,1-3H3/b7-6-,9-8-,13-5+. The van der Waals surface area contributed by atoms with Gasteiger partial charge in [-0.3, -0.25) is 0 Å². The smallest absolute Gasteiger partial charge is 0.0603 e. The highest BCUT2D eigenvalue weighted by molar-refractivity contribution is 5.56. The lowest BCUT2D eigenvalue weighted by atomic mass is 10.3. The van der Waals surface area contributed by atoms with Crippen LogP contribution in [0.2, 0.25) is 0 Å². The molecule has 1 aromatic heterocycles. The van der Waals surface area contributed by atoms with Crippen molar-refractivity contribution in [1.29, 1.82) is 0 Å². The number of rotatable bonds is 4. The number of hydrogen-bond acceptors (Lipinski definition) is 1. The van der Waals surface area contributed by atoms with Crippen LogP contribution < -0.4 is 0 Å². The summed E-state index contributed by atoms with van der Waals surface area (Å²) in [6.07, 6.45) is 13.4. The predicted molar refractivity (Wildman–Crippen MR) is 65.5 cm³/mol. The van der Waals surface area contributed by atoms with E-state index in [4.69, 9.17) is 0 Å². The first-order chi connectivity index (χ1) is 7.27. The van der Waals surface area contributed by atoms with E-state index in [1.165, 1.54) is 0 Å². The molecule has 0 saturated carbocycles. The van der Waals surface area contributed by atoms with Gasteiger partial charge in [0.25, 0.3) is 0 Å². The fourth-order valence-electron chi connectivity index (χ4n) is 1.23. The molecule has 0 saturated heterocycles. The maximum atomic E-state index is 4.35. The van der Waals surface area contributed by atoms with Crippen LogP contribution in [0.25, 0.3) is 5.70 Å². The fraction of sp³-hybridized carbons (Fsp3) is 0.308. The lowest BCUT2D eigenvalue weighted by molar-refractivity contribution is 0.888. The number of hydrogen-bond donors (Lipinski definition) is 0. The van der Waals surface area contributed by atoms with Gasteiger partial charge in [-0.15, -0.1) is 0 Å². The van der Waals surface area contributed by atoms with Gasteiger partial charge in [0.05, 0.1) is 11.4 Å². The van der Waals surface area contributed by atoms with Crippen LogP contribution in [0.15, 0.2) is 42.6 Å². The minimum absolute atomic E-state index is 1.03. The maximum Gasteiger partial charge on any atom is 0.0603 e. The lowest BCUT2D eigenvalue weighted by Crippen LogP contribution is -1.94. The normalized spacial score (nSPS) is 13.1. The van der Waals surface area contributed by atoms with Crippen LogP contribution in [0.4, 0.5) is 0 Å². The van der Waals surface area contributed by atoms with Crippen LogP contribution in [0, 0.1) is 6.92 Å². The highest BCUT2D eigenvalue weighted by atomic mass is 15.3. The second-order valence-electron chi connectivity index (χ2n) is 3.31. The Morgan fingerprint density at radius 3 is 2.80 bits per heavy atom. The van der Waals surface area contributed by atoms with E-state index in [9.17, 15) is 0 Å². The topological polar surface area (TPSA) is 17.8 Å². The Bertz CT molecular complexity index is 381. The second-order valence-corrected chi connectivity index (χ2v) is 3.31. The van der Waals surface area contributed by atoms with Gasteiger partial charge in [-0.2, -0.15) is 5.10 Å². The Morgan fingerprint density at radius 1 is 1.47 bits per heavy atom. The first kappa shape index (κ1) is 11.5. The zero-order chi connectivity index (χ0) is 11.1. The zero-order valence-electron chi connectivity index (χ0n) is 9.64. The molecule has 0 bridgehead atoms. The molecule has 0 spiro atoms. The summed E-state index contributed by atoms with van der Waals surface area (Å²) in [7, 11) is 0. The molecule has 1 aromatic rings. The van der Waals surface area contributed by atoms with Crippen molar-refractivity contribution in [3.05, 3.63) is 48.3 Å². The number of aryl methyl sites for hydroxylation is 1. The Hall–Kier alpha value is -1.57. The fourth-order valence-corrected chi connectivity index (χ4v) is 1.23. The Balaban J connectivity index is 2.74. The molecule has 0 atom stereocenters. The molecule has 0 aromatic carbocycles. The van der Waals surface area contributed by atoms with Crippen LogP contribution in [-0.4, -0.2) is 9.78 Å². The first-order valence-corrected chi connectivity index (χ1v) is 5.30. The zero-order valence-corrected chi connectivity index (χ0v) is 9.64. The third-order valence-electron chi connectivity index (χ3n) is 2.03. The second kappa shape index (κ2) is 6.02. The Morgan fingerprint density at radius 2 is 2.27 bits per heavy atom. The average molecular weight is 202 g/mol. The maximum absolute atomic E-state index is 4.35. The molecule has 0 aliphatic rings. The Kier molecular flexibility index (Phi) is 4.61. The molecule has 0 radical (unpaired) electrons. The van der Waals surface area contributed by atoms with Gasteiger partial charge in [0.2, 0.25) is 0 Å². The van der Waals surface area contributed by atoms with Crippen molar-refractivity contribution in [3.8, 4) is 0 Å². The Labute approximate surface area is 91.6 Å². The van der Waals surface area contributed by atoms with Crippen molar-refractivity contribution in [2.45, 2.75) is 27.2 Å². The molecule has 1 rings (SSSR count). The summed E-state index contributed by atoms with van der Waals surface area (Å²) >= 11 is 0. The third kappa shape index (κ3) is 3.58. The molecule has 2 heteroatoms.